The van der Waals surface area contributed by atoms with Crippen LogP contribution in [0.25, 0.3) is 11.0 Å². The number of nitrogens with zero attached hydrogens (tertiary/aromatic N) is 5. The minimum absolute atomic E-state index is 0.0669. The first-order valence-corrected chi connectivity index (χ1v) is 11.0. The van der Waals surface area contributed by atoms with Crippen molar-refractivity contribution in [3.8, 4) is 0 Å². The highest BCUT2D eigenvalue weighted by Gasteiger charge is 2.28. The molecule has 0 bridgehead atoms. The SMILES string of the molecule is CN(CCC(=O)N1CCC(C(=O)c2ccc3nnn(C)c3c2)CC1)c1ccc(C(=O)O)cc1. The highest BCUT2D eigenvalue weighted by atomic mass is 16.4. The molecule has 9 nitrogen and oxygen atoms in total. The Kier molecular flexibility index (Phi) is 6.39. The summed E-state index contributed by atoms with van der Waals surface area (Å²) in [6, 6.07) is 12.1. The Hall–Kier alpha value is -3.75. The van der Waals surface area contributed by atoms with Crippen molar-refractivity contribution < 1.29 is 19.5 Å². The number of carbonyl (C=O) groups is 3. The summed E-state index contributed by atoms with van der Waals surface area (Å²) in [5.41, 5.74) is 3.34. The van der Waals surface area contributed by atoms with Gasteiger partial charge in [-0.05, 0) is 55.3 Å². The van der Waals surface area contributed by atoms with Crippen LogP contribution in [0.4, 0.5) is 5.69 Å². The second kappa shape index (κ2) is 9.40. The van der Waals surface area contributed by atoms with Crippen LogP contribution in [-0.4, -0.2) is 69.3 Å². The quantitative estimate of drug-likeness (QED) is 0.552. The Bertz CT molecular complexity index is 1180. The highest BCUT2D eigenvalue weighted by Crippen LogP contribution is 2.24. The Labute approximate surface area is 191 Å². The average Bonchev–Trinajstić information content (AvgIpc) is 3.22. The predicted molar refractivity (Wildman–Crippen MR) is 123 cm³/mol. The monoisotopic (exact) mass is 449 g/mol. The number of carbonyl (C=O) groups excluding carboxylic acids is 2. The average molecular weight is 450 g/mol. The maximum Gasteiger partial charge on any atom is 0.335 e. The minimum atomic E-state index is -0.962. The van der Waals surface area contributed by atoms with Gasteiger partial charge in [-0.25, -0.2) is 9.48 Å². The number of aromatic carboxylic acids is 1. The molecule has 0 radical (unpaired) electrons. The van der Waals surface area contributed by atoms with Gasteiger partial charge in [0, 0.05) is 57.3 Å². The summed E-state index contributed by atoms with van der Waals surface area (Å²) in [5.74, 6) is -0.883. The van der Waals surface area contributed by atoms with Gasteiger partial charge in [-0.2, -0.15) is 0 Å². The van der Waals surface area contributed by atoms with Crippen molar-refractivity contribution in [1.29, 1.82) is 0 Å². The number of anilines is 1. The summed E-state index contributed by atoms with van der Waals surface area (Å²) in [7, 11) is 3.68. The number of piperidine rings is 1. The van der Waals surface area contributed by atoms with Crippen LogP contribution in [0.2, 0.25) is 0 Å². The van der Waals surface area contributed by atoms with E-state index in [0.29, 0.717) is 44.5 Å². The van der Waals surface area contributed by atoms with Crippen LogP contribution in [0.5, 0.6) is 0 Å². The Morgan fingerprint density at radius 3 is 2.39 bits per heavy atom. The molecule has 0 aliphatic carbocycles. The molecule has 0 unspecified atom stereocenters. The van der Waals surface area contributed by atoms with E-state index in [9.17, 15) is 14.4 Å². The molecular formula is C24H27N5O4. The Morgan fingerprint density at radius 1 is 1.06 bits per heavy atom. The normalized spacial score (nSPS) is 14.4. The van der Waals surface area contributed by atoms with Crippen molar-refractivity contribution in [3.63, 3.8) is 0 Å². The fraction of sp³-hybridized carbons (Fsp3) is 0.375. The molecule has 1 saturated heterocycles. The van der Waals surface area contributed by atoms with Crippen LogP contribution >= 0.6 is 0 Å². The Balaban J connectivity index is 1.28. The number of rotatable bonds is 7. The number of benzene rings is 2. The fourth-order valence-corrected chi connectivity index (χ4v) is 4.22. The molecule has 3 aromatic rings. The van der Waals surface area contributed by atoms with Crippen molar-refractivity contribution >= 4 is 34.4 Å². The standard InChI is InChI=1S/C24H27N5O4/c1-27(19-6-3-17(4-7-19)24(32)33)12-11-22(30)29-13-9-16(10-14-29)23(31)18-5-8-20-21(15-18)28(2)26-25-20/h3-8,15-16H,9-14H2,1-2H3,(H,32,33). The molecule has 1 fully saturated rings. The van der Waals surface area contributed by atoms with Crippen LogP contribution in [0.3, 0.4) is 0 Å². The van der Waals surface area contributed by atoms with Gasteiger partial charge in [-0.1, -0.05) is 5.21 Å². The van der Waals surface area contributed by atoms with Gasteiger partial charge >= 0.3 is 5.97 Å². The number of hydrogen-bond acceptors (Lipinski definition) is 6. The molecule has 2 heterocycles. The summed E-state index contributed by atoms with van der Waals surface area (Å²) in [6.07, 6.45) is 1.66. The van der Waals surface area contributed by atoms with Crippen molar-refractivity contribution in [3.05, 3.63) is 53.6 Å². The predicted octanol–water partition coefficient (Wildman–Crippen LogP) is 2.61. The number of likely N-dealkylation sites (tertiary alicyclic amines) is 1. The van der Waals surface area contributed by atoms with Crippen LogP contribution in [0.15, 0.2) is 42.5 Å². The van der Waals surface area contributed by atoms with Gasteiger partial charge < -0.3 is 14.9 Å². The number of aromatic nitrogens is 3. The smallest absolute Gasteiger partial charge is 0.335 e. The molecule has 2 aromatic carbocycles. The first-order valence-electron chi connectivity index (χ1n) is 11.0. The van der Waals surface area contributed by atoms with Crippen LogP contribution in [0, 0.1) is 5.92 Å². The molecular weight excluding hydrogens is 422 g/mol. The van der Waals surface area contributed by atoms with Crippen LogP contribution in [-0.2, 0) is 11.8 Å². The van der Waals surface area contributed by atoms with Gasteiger partial charge in [0.25, 0.3) is 0 Å². The maximum atomic E-state index is 13.0. The van der Waals surface area contributed by atoms with E-state index in [0.717, 1.165) is 16.7 Å². The zero-order valence-corrected chi connectivity index (χ0v) is 18.8. The lowest BCUT2D eigenvalue weighted by molar-refractivity contribution is -0.132. The van der Waals surface area contributed by atoms with Gasteiger partial charge in [-0.3, -0.25) is 9.59 Å². The van der Waals surface area contributed by atoms with E-state index >= 15 is 0 Å². The van der Waals surface area contributed by atoms with E-state index in [4.69, 9.17) is 5.11 Å². The second-order valence-corrected chi connectivity index (χ2v) is 8.46. The molecule has 4 rings (SSSR count). The fourth-order valence-electron chi connectivity index (χ4n) is 4.22. The number of hydrogen-bond donors (Lipinski definition) is 1. The minimum Gasteiger partial charge on any atom is -0.478 e. The van der Waals surface area contributed by atoms with Gasteiger partial charge in [-0.15, -0.1) is 5.10 Å². The molecule has 0 spiro atoms. The van der Waals surface area contributed by atoms with E-state index in [2.05, 4.69) is 10.3 Å². The summed E-state index contributed by atoms with van der Waals surface area (Å²) >= 11 is 0. The van der Waals surface area contributed by atoms with Crippen molar-refractivity contribution in [2.24, 2.45) is 13.0 Å². The lowest BCUT2D eigenvalue weighted by Gasteiger charge is -2.32. The zero-order chi connectivity index (χ0) is 23.5. The van der Waals surface area contributed by atoms with Gasteiger partial charge in [0.05, 0.1) is 11.1 Å². The molecule has 1 aliphatic heterocycles. The van der Waals surface area contributed by atoms with Crippen molar-refractivity contribution in [2.45, 2.75) is 19.3 Å². The number of ketones is 1. The summed E-state index contributed by atoms with van der Waals surface area (Å²) in [5, 5.41) is 17.0. The number of Topliss-reactive ketones (excluding diaryl/α,β-unsaturated/α-hetero) is 1. The highest BCUT2D eigenvalue weighted by molar-refractivity contribution is 6.00. The molecule has 1 N–H and O–H groups in total. The number of carboxylic acids is 1. The summed E-state index contributed by atoms with van der Waals surface area (Å²) < 4.78 is 1.66. The van der Waals surface area contributed by atoms with Gasteiger partial charge in [0.2, 0.25) is 5.91 Å². The van der Waals surface area contributed by atoms with E-state index in [-0.39, 0.29) is 23.2 Å². The van der Waals surface area contributed by atoms with E-state index < -0.39 is 5.97 Å². The van der Waals surface area contributed by atoms with Crippen molar-refractivity contribution in [2.75, 3.05) is 31.6 Å². The third-order valence-corrected chi connectivity index (χ3v) is 6.33. The first kappa shape index (κ1) is 22.4. The molecule has 1 aliphatic rings. The van der Waals surface area contributed by atoms with Crippen LogP contribution < -0.4 is 4.90 Å². The lowest BCUT2D eigenvalue weighted by atomic mass is 9.88. The topological polar surface area (TPSA) is 109 Å². The van der Waals surface area contributed by atoms with E-state index in [1.165, 1.54) is 0 Å². The molecule has 172 valence electrons. The second-order valence-electron chi connectivity index (χ2n) is 8.46. The number of aryl methyl sites for hydroxylation is 1. The first-order chi connectivity index (χ1) is 15.8. The molecule has 9 heteroatoms. The molecule has 1 amide bonds. The van der Waals surface area contributed by atoms with Crippen LogP contribution in [0.1, 0.15) is 40.0 Å². The maximum absolute atomic E-state index is 13.0. The number of amides is 1. The molecule has 0 atom stereocenters. The van der Waals surface area contributed by atoms with Gasteiger partial charge in [0.1, 0.15) is 5.52 Å². The van der Waals surface area contributed by atoms with E-state index in [1.54, 1.807) is 42.1 Å². The summed E-state index contributed by atoms with van der Waals surface area (Å²) in [4.78, 5) is 40.4. The Morgan fingerprint density at radius 2 is 1.73 bits per heavy atom. The van der Waals surface area contributed by atoms with E-state index in [1.807, 2.05) is 29.0 Å². The third-order valence-electron chi connectivity index (χ3n) is 6.33. The molecule has 0 saturated carbocycles. The largest absolute Gasteiger partial charge is 0.478 e. The molecule has 33 heavy (non-hydrogen) atoms. The van der Waals surface area contributed by atoms with Gasteiger partial charge in [0.15, 0.2) is 5.78 Å². The molecule has 1 aromatic heterocycles. The number of carboxylic acid groups (broad SMARTS) is 1. The number of fused-ring (bicyclic) bond motifs is 1. The third kappa shape index (κ3) is 4.87. The summed E-state index contributed by atoms with van der Waals surface area (Å²) in [6.45, 7) is 1.67. The van der Waals surface area contributed by atoms with Crippen molar-refractivity contribution in [1.82, 2.24) is 19.9 Å². The lowest BCUT2D eigenvalue weighted by Crippen LogP contribution is -2.41. The zero-order valence-electron chi connectivity index (χ0n) is 18.8.